The molecule has 2 aromatic carbocycles. The van der Waals surface area contributed by atoms with Crippen molar-refractivity contribution < 1.29 is 0 Å². The van der Waals surface area contributed by atoms with Crippen LogP contribution < -0.4 is 10.4 Å². The molecule has 0 radical (unpaired) electrons. The van der Waals surface area contributed by atoms with Gasteiger partial charge in [-0.05, 0) is 55.8 Å². The lowest BCUT2D eigenvalue weighted by Crippen LogP contribution is -2.59. The Morgan fingerprint density at radius 3 is 0.909 bits per heavy atom. The van der Waals surface area contributed by atoms with Gasteiger partial charge < -0.3 is 0 Å². The normalized spacial score (nSPS) is 12.9. The molecule has 4 nitrogen and oxygen atoms in total. The van der Waals surface area contributed by atoms with Gasteiger partial charge in [-0.3, -0.25) is 0 Å². The van der Waals surface area contributed by atoms with E-state index in [0.717, 1.165) is 22.1 Å². The van der Waals surface area contributed by atoms with E-state index in [1.807, 2.05) is 24.3 Å². The standard InChI is InChI=1S/C26H44Cl2N2Si2.C8H4Cl2N2/c1-15(2)31(16(3)4,17(5)6)21-13-14-22(24-23(21)29-25(27)26(28)30-24)32(18(7)8,19(9)10)20(11)12;9-7-8(10)12-6-4-2-1-3-5(6)11-7/h13-20H,1-12H3;1-4H. The van der Waals surface area contributed by atoms with Crippen LogP contribution in [0.4, 0.5) is 0 Å². The minimum atomic E-state index is -1.96. The Labute approximate surface area is 286 Å². The van der Waals surface area contributed by atoms with Crippen molar-refractivity contribution in [3.05, 3.63) is 57.0 Å². The molecule has 4 rings (SSSR count). The van der Waals surface area contributed by atoms with Gasteiger partial charge >= 0.3 is 0 Å². The summed E-state index contributed by atoms with van der Waals surface area (Å²) < 4.78 is 0. The second-order valence-corrected chi connectivity index (χ2v) is 26.9. The van der Waals surface area contributed by atoms with Crippen LogP contribution in [0, 0.1) is 0 Å². The van der Waals surface area contributed by atoms with Gasteiger partial charge in [0.25, 0.3) is 0 Å². The molecular formula is C34H48Cl4N4Si2. The van der Waals surface area contributed by atoms with Crippen molar-refractivity contribution in [2.45, 2.75) is 116 Å². The summed E-state index contributed by atoms with van der Waals surface area (Å²) in [5, 5.41) is 3.94. The lowest BCUT2D eigenvalue weighted by molar-refractivity contribution is 0.833. The van der Waals surface area contributed by atoms with Crippen molar-refractivity contribution in [1.29, 1.82) is 0 Å². The van der Waals surface area contributed by atoms with E-state index < -0.39 is 16.1 Å². The molecule has 0 aliphatic rings. The molecule has 0 amide bonds. The zero-order valence-electron chi connectivity index (χ0n) is 28.2. The summed E-state index contributed by atoms with van der Waals surface area (Å²) in [4.78, 5) is 18.0. The number of rotatable bonds is 8. The lowest BCUT2D eigenvalue weighted by Gasteiger charge is -2.46. The number of benzene rings is 2. The van der Waals surface area contributed by atoms with Crippen LogP contribution in [0.5, 0.6) is 0 Å². The number of aromatic nitrogens is 4. The summed E-state index contributed by atoms with van der Waals surface area (Å²) in [6.07, 6.45) is 0. The van der Waals surface area contributed by atoms with Crippen molar-refractivity contribution in [3.8, 4) is 0 Å². The molecular weight excluding hydrogens is 662 g/mol. The Kier molecular flexibility index (Phi) is 12.4. The minimum Gasteiger partial charge on any atom is -0.231 e. The molecule has 0 spiro atoms. The molecule has 0 fully saturated rings. The van der Waals surface area contributed by atoms with Gasteiger partial charge in [0, 0.05) is 0 Å². The van der Waals surface area contributed by atoms with Crippen LogP contribution in [-0.4, -0.2) is 36.1 Å². The van der Waals surface area contributed by atoms with Gasteiger partial charge in [0.05, 0.1) is 38.2 Å². The van der Waals surface area contributed by atoms with Gasteiger partial charge in [-0.15, -0.1) is 0 Å². The van der Waals surface area contributed by atoms with E-state index in [9.17, 15) is 0 Å². The van der Waals surface area contributed by atoms with Crippen molar-refractivity contribution in [2.75, 3.05) is 0 Å². The van der Waals surface area contributed by atoms with Crippen LogP contribution in [0.15, 0.2) is 36.4 Å². The van der Waals surface area contributed by atoms with Gasteiger partial charge in [0.1, 0.15) is 0 Å². The lowest BCUT2D eigenvalue weighted by atomic mass is 10.3. The van der Waals surface area contributed by atoms with E-state index >= 15 is 0 Å². The molecule has 2 aromatic heterocycles. The molecule has 0 unspecified atom stereocenters. The molecule has 0 saturated carbocycles. The predicted molar refractivity (Wildman–Crippen MR) is 200 cm³/mol. The first-order valence-electron chi connectivity index (χ1n) is 15.7. The average molecular weight is 711 g/mol. The second-order valence-electron chi connectivity index (χ2n) is 13.8. The Bertz CT molecular complexity index is 1450. The molecule has 0 N–H and O–H groups in total. The Hall–Kier alpha value is -1.29. The van der Waals surface area contributed by atoms with Gasteiger partial charge in [0.15, 0.2) is 20.6 Å². The number of halogens is 4. The molecule has 10 heteroatoms. The number of hydrogen-bond donors (Lipinski definition) is 0. The van der Waals surface area contributed by atoms with Crippen LogP contribution in [0.2, 0.25) is 53.9 Å². The van der Waals surface area contributed by atoms with Crippen LogP contribution in [0.25, 0.3) is 22.1 Å². The first kappa shape index (κ1) is 37.2. The van der Waals surface area contributed by atoms with Crippen molar-refractivity contribution in [2.24, 2.45) is 0 Å². The highest BCUT2D eigenvalue weighted by Gasteiger charge is 2.49. The maximum Gasteiger partial charge on any atom is 0.167 e. The molecule has 0 aliphatic carbocycles. The van der Waals surface area contributed by atoms with E-state index in [2.05, 4.69) is 105 Å². The number of hydrogen-bond acceptors (Lipinski definition) is 4. The second kappa shape index (κ2) is 14.6. The van der Waals surface area contributed by atoms with E-state index in [1.165, 1.54) is 10.4 Å². The average Bonchev–Trinajstić information content (AvgIpc) is 2.91. The van der Waals surface area contributed by atoms with Crippen molar-refractivity contribution >= 4 is 95.0 Å². The smallest absolute Gasteiger partial charge is 0.167 e. The molecule has 240 valence electrons. The zero-order chi connectivity index (χ0) is 33.3. The fourth-order valence-electron chi connectivity index (χ4n) is 8.62. The van der Waals surface area contributed by atoms with E-state index in [1.54, 1.807) is 0 Å². The third-order valence-corrected chi connectivity index (χ3v) is 25.3. The minimum absolute atomic E-state index is 0.246. The summed E-state index contributed by atoms with van der Waals surface area (Å²) in [5.41, 5.74) is 7.01. The molecule has 2 heterocycles. The molecule has 0 aliphatic heterocycles. The molecule has 4 aromatic rings. The largest absolute Gasteiger partial charge is 0.231 e. The highest BCUT2D eigenvalue weighted by atomic mass is 35.5. The summed E-state index contributed by atoms with van der Waals surface area (Å²) in [7, 11) is -3.92. The highest BCUT2D eigenvalue weighted by molar-refractivity contribution is 6.98. The quantitative estimate of drug-likeness (QED) is 0.171. The fraction of sp³-hybridized carbons (Fsp3) is 0.529. The summed E-state index contributed by atoms with van der Waals surface area (Å²) in [6.45, 7) is 28.7. The number of fused-ring (bicyclic) bond motifs is 2. The Balaban J connectivity index is 0.000000363. The molecule has 0 atom stereocenters. The Morgan fingerprint density at radius 2 is 0.659 bits per heavy atom. The predicted octanol–water partition coefficient (Wildman–Crippen LogP) is 11.6. The van der Waals surface area contributed by atoms with Gasteiger partial charge in [-0.2, -0.15) is 0 Å². The van der Waals surface area contributed by atoms with Crippen LogP contribution >= 0.6 is 46.4 Å². The van der Waals surface area contributed by atoms with Crippen molar-refractivity contribution in [1.82, 2.24) is 19.9 Å². The van der Waals surface area contributed by atoms with Crippen molar-refractivity contribution in [3.63, 3.8) is 0 Å². The molecule has 0 saturated heterocycles. The first-order valence-corrected chi connectivity index (χ1v) is 21.7. The maximum absolute atomic E-state index is 6.52. The van der Waals surface area contributed by atoms with E-state index in [4.69, 9.17) is 56.4 Å². The Morgan fingerprint density at radius 1 is 0.409 bits per heavy atom. The van der Waals surface area contributed by atoms with E-state index in [0.29, 0.717) is 43.6 Å². The summed E-state index contributed by atoms with van der Waals surface area (Å²) >= 11 is 24.4. The first-order chi connectivity index (χ1) is 20.4. The third-order valence-electron chi connectivity index (χ3n) is 9.90. The van der Waals surface area contributed by atoms with Gasteiger partial charge in [-0.25, -0.2) is 19.9 Å². The van der Waals surface area contributed by atoms with Crippen LogP contribution in [0.1, 0.15) is 83.1 Å². The third kappa shape index (κ3) is 6.59. The van der Waals surface area contributed by atoms with Gasteiger partial charge in [-0.1, -0.05) is 154 Å². The molecule has 0 bridgehead atoms. The fourth-order valence-corrected chi connectivity index (χ4v) is 22.8. The van der Waals surface area contributed by atoms with Crippen LogP contribution in [0.3, 0.4) is 0 Å². The highest BCUT2D eigenvalue weighted by Crippen LogP contribution is 2.45. The summed E-state index contributed by atoms with van der Waals surface area (Å²) in [5.74, 6) is 0. The molecule has 44 heavy (non-hydrogen) atoms. The van der Waals surface area contributed by atoms with Crippen LogP contribution in [-0.2, 0) is 0 Å². The summed E-state index contributed by atoms with van der Waals surface area (Å²) in [6, 6.07) is 12.3. The zero-order valence-corrected chi connectivity index (χ0v) is 33.3. The monoisotopic (exact) mass is 708 g/mol. The maximum atomic E-state index is 6.52. The van der Waals surface area contributed by atoms with E-state index in [-0.39, 0.29) is 10.3 Å². The topological polar surface area (TPSA) is 51.6 Å². The SMILES string of the molecule is CC(C)[Si](c1ccc([Si](C(C)C)(C(C)C)C(C)C)c2nc(Cl)c(Cl)nc12)(C(C)C)C(C)C.Clc1nc2ccccc2nc1Cl. The van der Waals surface area contributed by atoms with Gasteiger partial charge in [0.2, 0.25) is 0 Å². The number of para-hydroxylation sites is 2. The number of nitrogens with zero attached hydrogens (tertiary/aromatic N) is 4.